The van der Waals surface area contributed by atoms with E-state index in [1.807, 2.05) is 24.8 Å². The number of hydrogen-bond donors (Lipinski definition) is 1. The molecular weight excluding hydrogens is 338 g/mol. The molecule has 0 spiro atoms. The van der Waals surface area contributed by atoms with Crippen molar-refractivity contribution in [3.8, 4) is 11.3 Å². The first kappa shape index (κ1) is 15.2. The molecule has 1 N–H and O–H groups in total. The zero-order valence-corrected chi connectivity index (χ0v) is 15.1. The molecule has 0 amide bonds. The van der Waals surface area contributed by atoms with Crippen LogP contribution in [0, 0.1) is 0 Å². The number of benzene rings is 1. The minimum absolute atomic E-state index is 0.752. The van der Waals surface area contributed by atoms with E-state index in [9.17, 15) is 0 Å². The predicted octanol–water partition coefficient (Wildman–Crippen LogP) is 4.20. The number of aromatic nitrogens is 3. The first-order valence-corrected chi connectivity index (χ1v) is 9.34. The fourth-order valence-corrected chi connectivity index (χ4v) is 3.84. The lowest BCUT2D eigenvalue weighted by Gasteiger charge is -2.12. The number of anilines is 2. The summed E-state index contributed by atoms with van der Waals surface area (Å²) in [6.45, 7) is 0.752. The Bertz CT molecular complexity index is 904. The van der Waals surface area contributed by atoms with Crippen LogP contribution in [0.25, 0.3) is 16.2 Å². The molecule has 7 heteroatoms. The highest BCUT2D eigenvalue weighted by Gasteiger charge is 2.09. The van der Waals surface area contributed by atoms with Crippen LogP contribution in [0.15, 0.2) is 47.3 Å². The molecule has 122 valence electrons. The van der Waals surface area contributed by atoms with Gasteiger partial charge < -0.3 is 10.2 Å². The Labute approximate surface area is 148 Å². The second kappa shape index (κ2) is 6.26. The molecule has 0 aliphatic carbocycles. The first-order valence-electron chi connectivity index (χ1n) is 7.58. The molecule has 4 rings (SSSR count). The van der Waals surface area contributed by atoms with Crippen LogP contribution in [0.2, 0.25) is 0 Å². The Hall–Kier alpha value is -2.38. The molecule has 5 nitrogen and oxygen atoms in total. The highest BCUT2D eigenvalue weighted by atomic mass is 32.1. The maximum Gasteiger partial charge on any atom is 0.214 e. The third kappa shape index (κ3) is 3.00. The summed E-state index contributed by atoms with van der Waals surface area (Å²) in [5, 5.41) is 13.0. The van der Waals surface area contributed by atoms with Crippen molar-refractivity contribution in [1.82, 2.24) is 14.6 Å². The number of hydrogen-bond acceptors (Lipinski definition) is 6. The van der Waals surface area contributed by atoms with Gasteiger partial charge in [-0.2, -0.15) is 11.3 Å². The van der Waals surface area contributed by atoms with E-state index in [0.29, 0.717) is 0 Å². The third-order valence-corrected chi connectivity index (χ3v) is 5.32. The zero-order valence-electron chi connectivity index (χ0n) is 13.4. The van der Waals surface area contributed by atoms with Crippen LogP contribution in [0.3, 0.4) is 0 Å². The smallest absolute Gasteiger partial charge is 0.214 e. The number of nitrogens with one attached hydrogen (secondary N) is 1. The maximum absolute atomic E-state index is 4.64. The van der Waals surface area contributed by atoms with Crippen molar-refractivity contribution >= 4 is 38.5 Å². The monoisotopic (exact) mass is 355 g/mol. The van der Waals surface area contributed by atoms with Crippen LogP contribution in [-0.2, 0) is 6.54 Å². The lowest BCUT2D eigenvalue weighted by molar-refractivity contribution is 0.962. The molecule has 0 unspecified atom stereocenters. The van der Waals surface area contributed by atoms with Gasteiger partial charge in [0.2, 0.25) is 10.1 Å². The third-order valence-electron chi connectivity index (χ3n) is 3.76. The van der Waals surface area contributed by atoms with Crippen LogP contribution in [0.4, 0.5) is 10.8 Å². The van der Waals surface area contributed by atoms with E-state index in [1.165, 1.54) is 11.3 Å². The molecule has 0 aliphatic heterocycles. The van der Waals surface area contributed by atoms with Gasteiger partial charge in [0.1, 0.15) is 0 Å². The van der Waals surface area contributed by atoms with Crippen molar-refractivity contribution in [3.05, 3.63) is 52.9 Å². The Morgan fingerprint density at radius 2 is 2.00 bits per heavy atom. The Balaban J connectivity index is 1.46. The van der Waals surface area contributed by atoms with Crippen LogP contribution in [-0.4, -0.2) is 28.7 Å². The number of thiophene rings is 1. The highest BCUT2D eigenvalue weighted by Crippen LogP contribution is 2.26. The van der Waals surface area contributed by atoms with Gasteiger partial charge >= 0.3 is 0 Å². The van der Waals surface area contributed by atoms with Gasteiger partial charge in [-0.25, -0.2) is 9.50 Å². The van der Waals surface area contributed by atoms with Gasteiger partial charge in [-0.05, 0) is 29.1 Å². The molecule has 0 saturated carbocycles. The van der Waals surface area contributed by atoms with E-state index in [-0.39, 0.29) is 0 Å². The van der Waals surface area contributed by atoms with E-state index in [1.54, 1.807) is 22.7 Å². The number of imidazole rings is 1. The van der Waals surface area contributed by atoms with Gasteiger partial charge in [0.15, 0.2) is 0 Å². The standard InChI is InChI=1S/C17H17N5S2/c1-21(2)14-5-3-12(4-6-14)9-18-16-20-22-10-15(19-17(22)24-16)13-7-8-23-11-13/h3-8,10-11H,9H2,1-2H3,(H,18,20). The molecule has 0 atom stereocenters. The molecule has 1 aromatic carbocycles. The molecule has 3 heterocycles. The lowest BCUT2D eigenvalue weighted by atomic mass is 10.2. The Morgan fingerprint density at radius 1 is 1.17 bits per heavy atom. The van der Waals surface area contributed by atoms with Gasteiger partial charge in [0.25, 0.3) is 0 Å². The van der Waals surface area contributed by atoms with Crippen molar-refractivity contribution in [2.45, 2.75) is 6.54 Å². The van der Waals surface area contributed by atoms with Gasteiger partial charge in [0.05, 0.1) is 11.9 Å². The lowest BCUT2D eigenvalue weighted by Crippen LogP contribution is -2.08. The summed E-state index contributed by atoms with van der Waals surface area (Å²) in [6.07, 6.45) is 1.98. The summed E-state index contributed by atoms with van der Waals surface area (Å²) in [5.74, 6) is 0. The highest BCUT2D eigenvalue weighted by molar-refractivity contribution is 7.20. The minimum Gasteiger partial charge on any atom is -0.378 e. The van der Waals surface area contributed by atoms with Crippen molar-refractivity contribution in [2.75, 3.05) is 24.3 Å². The number of fused-ring (bicyclic) bond motifs is 1. The number of nitrogens with zero attached hydrogens (tertiary/aromatic N) is 4. The predicted molar refractivity (Wildman–Crippen MR) is 102 cm³/mol. The largest absolute Gasteiger partial charge is 0.378 e. The summed E-state index contributed by atoms with van der Waals surface area (Å²) in [6, 6.07) is 10.6. The van der Waals surface area contributed by atoms with Crippen LogP contribution < -0.4 is 10.2 Å². The average Bonchev–Trinajstić information content (AvgIpc) is 3.28. The molecule has 0 radical (unpaired) electrons. The molecule has 3 aromatic heterocycles. The normalized spacial score (nSPS) is 11.1. The summed E-state index contributed by atoms with van der Waals surface area (Å²) < 4.78 is 1.84. The quantitative estimate of drug-likeness (QED) is 0.583. The topological polar surface area (TPSA) is 45.5 Å². The summed E-state index contributed by atoms with van der Waals surface area (Å²) >= 11 is 3.24. The van der Waals surface area contributed by atoms with Crippen LogP contribution in [0.5, 0.6) is 0 Å². The van der Waals surface area contributed by atoms with Crippen molar-refractivity contribution in [3.63, 3.8) is 0 Å². The second-order valence-electron chi connectivity index (χ2n) is 5.69. The van der Waals surface area contributed by atoms with Crippen molar-refractivity contribution in [1.29, 1.82) is 0 Å². The molecule has 0 fully saturated rings. The summed E-state index contributed by atoms with van der Waals surface area (Å²) in [7, 11) is 4.09. The van der Waals surface area contributed by atoms with Gasteiger partial charge in [0, 0.05) is 37.3 Å². The average molecular weight is 355 g/mol. The zero-order chi connectivity index (χ0) is 16.5. The van der Waals surface area contributed by atoms with Gasteiger partial charge in [-0.3, -0.25) is 0 Å². The fraction of sp³-hybridized carbons (Fsp3) is 0.176. The van der Waals surface area contributed by atoms with E-state index >= 15 is 0 Å². The van der Waals surface area contributed by atoms with E-state index in [4.69, 9.17) is 0 Å². The maximum atomic E-state index is 4.64. The Morgan fingerprint density at radius 3 is 2.67 bits per heavy atom. The number of rotatable bonds is 5. The van der Waals surface area contributed by atoms with Crippen molar-refractivity contribution < 1.29 is 0 Å². The van der Waals surface area contributed by atoms with E-state index in [2.05, 4.69) is 61.4 Å². The first-order chi connectivity index (χ1) is 11.7. The molecule has 0 bridgehead atoms. The molecule has 0 saturated heterocycles. The molecule has 4 aromatic rings. The van der Waals surface area contributed by atoms with Crippen LogP contribution >= 0.6 is 22.7 Å². The SMILES string of the molecule is CN(C)c1ccc(CNc2nn3cc(-c4ccsc4)nc3s2)cc1. The molecule has 0 aliphatic rings. The molecule has 24 heavy (non-hydrogen) atoms. The minimum atomic E-state index is 0.752. The summed E-state index contributed by atoms with van der Waals surface area (Å²) in [4.78, 5) is 7.64. The van der Waals surface area contributed by atoms with Gasteiger partial charge in [-0.1, -0.05) is 23.5 Å². The Kier molecular flexibility index (Phi) is 3.95. The van der Waals surface area contributed by atoms with Crippen molar-refractivity contribution in [2.24, 2.45) is 0 Å². The molecular formula is C17H17N5S2. The van der Waals surface area contributed by atoms with Crippen LogP contribution in [0.1, 0.15) is 5.56 Å². The van der Waals surface area contributed by atoms with E-state index < -0.39 is 0 Å². The second-order valence-corrected chi connectivity index (χ2v) is 7.42. The summed E-state index contributed by atoms with van der Waals surface area (Å²) in [5.41, 5.74) is 4.55. The fourth-order valence-electron chi connectivity index (χ4n) is 2.41. The van der Waals surface area contributed by atoms with Gasteiger partial charge in [-0.15, -0.1) is 5.10 Å². The van der Waals surface area contributed by atoms with E-state index in [0.717, 1.165) is 27.9 Å².